The van der Waals surface area contributed by atoms with Crippen molar-refractivity contribution in [1.29, 1.82) is 0 Å². The Morgan fingerprint density at radius 2 is 2.33 bits per heavy atom. The largest absolute Gasteiger partial charge is 0.396 e. The molecular formula is C8H16N2O2. The third kappa shape index (κ3) is 2.37. The molecule has 0 unspecified atom stereocenters. The minimum Gasteiger partial charge on any atom is -0.396 e. The summed E-state index contributed by atoms with van der Waals surface area (Å²) >= 11 is 0. The molecule has 1 saturated carbocycles. The van der Waals surface area contributed by atoms with E-state index >= 15 is 0 Å². The Labute approximate surface area is 72.3 Å². The molecule has 1 rings (SSSR count). The Hall–Kier alpha value is -0.770. The van der Waals surface area contributed by atoms with E-state index in [2.05, 4.69) is 10.6 Å². The van der Waals surface area contributed by atoms with Crippen molar-refractivity contribution in [3.63, 3.8) is 0 Å². The van der Waals surface area contributed by atoms with Crippen LogP contribution >= 0.6 is 0 Å². The first-order valence-electron chi connectivity index (χ1n) is 4.35. The van der Waals surface area contributed by atoms with Gasteiger partial charge in [-0.3, -0.25) is 0 Å². The fraction of sp³-hybridized carbons (Fsp3) is 0.875. The van der Waals surface area contributed by atoms with Gasteiger partial charge in [-0.15, -0.1) is 0 Å². The van der Waals surface area contributed by atoms with Crippen molar-refractivity contribution < 1.29 is 9.90 Å². The molecule has 0 saturated heterocycles. The van der Waals surface area contributed by atoms with E-state index in [4.69, 9.17) is 5.11 Å². The van der Waals surface area contributed by atoms with Crippen LogP contribution in [0.2, 0.25) is 0 Å². The van der Waals surface area contributed by atoms with Gasteiger partial charge >= 0.3 is 6.03 Å². The number of amides is 2. The normalized spacial score (nSPS) is 28.5. The van der Waals surface area contributed by atoms with Crippen LogP contribution in [0, 0.1) is 5.92 Å². The molecule has 0 spiro atoms. The lowest BCUT2D eigenvalue weighted by Gasteiger charge is -2.11. The van der Waals surface area contributed by atoms with Gasteiger partial charge in [0.1, 0.15) is 0 Å². The summed E-state index contributed by atoms with van der Waals surface area (Å²) in [5.41, 5.74) is 0. The first-order chi connectivity index (χ1) is 5.76. The molecule has 4 nitrogen and oxygen atoms in total. The molecule has 12 heavy (non-hydrogen) atoms. The minimum absolute atomic E-state index is 0.126. The molecule has 1 aliphatic carbocycles. The molecule has 1 aliphatic rings. The summed E-state index contributed by atoms with van der Waals surface area (Å²) in [4.78, 5) is 10.9. The van der Waals surface area contributed by atoms with Gasteiger partial charge in [0.2, 0.25) is 0 Å². The first kappa shape index (κ1) is 9.32. The third-order valence-electron chi connectivity index (χ3n) is 2.36. The maximum absolute atomic E-state index is 10.9. The number of rotatable bonds is 2. The van der Waals surface area contributed by atoms with Gasteiger partial charge in [0.15, 0.2) is 0 Å². The van der Waals surface area contributed by atoms with E-state index in [9.17, 15) is 4.79 Å². The highest BCUT2D eigenvalue weighted by atomic mass is 16.3. The standard InChI is InChI=1S/C8H16N2O2/c1-9-8(12)10-7-3-2-6(4-7)5-11/h6-7,11H,2-5H2,1H3,(H2,9,10,12)/t6-,7+/m1/s1. The van der Waals surface area contributed by atoms with Crippen molar-refractivity contribution in [2.75, 3.05) is 13.7 Å². The number of aliphatic hydroxyl groups excluding tert-OH is 1. The van der Waals surface area contributed by atoms with E-state index in [0.29, 0.717) is 5.92 Å². The summed E-state index contributed by atoms with van der Waals surface area (Å²) in [5.74, 6) is 0.382. The Morgan fingerprint density at radius 3 is 2.83 bits per heavy atom. The molecule has 0 radical (unpaired) electrons. The van der Waals surface area contributed by atoms with Gasteiger partial charge in [-0.2, -0.15) is 0 Å². The van der Waals surface area contributed by atoms with Crippen LogP contribution in [0.25, 0.3) is 0 Å². The van der Waals surface area contributed by atoms with Gasteiger partial charge < -0.3 is 15.7 Å². The van der Waals surface area contributed by atoms with E-state index in [1.54, 1.807) is 7.05 Å². The average molecular weight is 172 g/mol. The SMILES string of the molecule is CNC(=O)N[C@H]1CC[C@@H](CO)C1. The van der Waals surface area contributed by atoms with Gasteiger partial charge in [-0.25, -0.2) is 4.79 Å². The zero-order chi connectivity index (χ0) is 8.97. The highest BCUT2D eigenvalue weighted by Gasteiger charge is 2.24. The first-order valence-corrected chi connectivity index (χ1v) is 4.35. The van der Waals surface area contributed by atoms with E-state index < -0.39 is 0 Å². The summed E-state index contributed by atoms with van der Waals surface area (Å²) in [5, 5.41) is 14.2. The van der Waals surface area contributed by atoms with E-state index in [1.807, 2.05) is 0 Å². The molecule has 0 bridgehead atoms. The predicted octanol–water partition coefficient (Wildman–Crippen LogP) is 0.0764. The van der Waals surface area contributed by atoms with Crippen LogP contribution in [0.4, 0.5) is 4.79 Å². The summed E-state index contributed by atoms with van der Waals surface area (Å²) < 4.78 is 0. The number of carbonyl (C=O) groups is 1. The van der Waals surface area contributed by atoms with Crippen LogP contribution in [0.1, 0.15) is 19.3 Å². The Balaban J connectivity index is 2.23. The van der Waals surface area contributed by atoms with Crippen LogP contribution in [0.5, 0.6) is 0 Å². The Bertz CT molecular complexity index is 161. The summed E-state index contributed by atoms with van der Waals surface area (Å²) in [7, 11) is 1.60. The highest BCUT2D eigenvalue weighted by molar-refractivity contribution is 5.73. The maximum atomic E-state index is 10.9. The molecule has 3 N–H and O–H groups in total. The molecule has 0 aromatic carbocycles. The Kier molecular flexibility index (Phi) is 3.34. The van der Waals surface area contributed by atoms with Crippen LogP contribution in [0.3, 0.4) is 0 Å². The average Bonchev–Trinajstić information content (AvgIpc) is 2.52. The topological polar surface area (TPSA) is 61.4 Å². The van der Waals surface area contributed by atoms with E-state index in [-0.39, 0.29) is 18.7 Å². The van der Waals surface area contributed by atoms with Crippen LogP contribution < -0.4 is 10.6 Å². The zero-order valence-corrected chi connectivity index (χ0v) is 7.34. The Morgan fingerprint density at radius 1 is 1.58 bits per heavy atom. The summed E-state index contributed by atoms with van der Waals surface area (Å²) in [6.07, 6.45) is 2.91. The fourth-order valence-electron chi connectivity index (χ4n) is 1.63. The molecule has 1 fully saturated rings. The molecule has 0 aromatic rings. The number of nitrogens with one attached hydrogen (secondary N) is 2. The maximum Gasteiger partial charge on any atom is 0.314 e. The molecule has 4 heteroatoms. The lowest BCUT2D eigenvalue weighted by molar-refractivity contribution is 0.224. The lowest BCUT2D eigenvalue weighted by atomic mass is 10.1. The van der Waals surface area contributed by atoms with Gasteiger partial charge in [-0.1, -0.05) is 0 Å². The second-order valence-corrected chi connectivity index (χ2v) is 3.28. The quantitative estimate of drug-likeness (QED) is 0.552. The zero-order valence-electron chi connectivity index (χ0n) is 7.34. The minimum atomic E-state index is -0.126. The second-order valence-electron chi connectivity index (χ2n) is 3.28. The van der Waals surface area contributed by atoms with Crippen molar-refractivity contribution in [3.8, 4) is 0 Å². The molecular weight excluding hydrogens is 156 g/mol. The number of aliphatic hydroxyl groups is 1. The smallest absolute Gasteiger partial charge is 0.314 e. The number of hydrogen-bond donors (Lipinski definition) is 3. The van der Waals surface area contributed by atoms with Crippen molar-refractivity contribution >= 4 is 6.03 Å². The van der Waals surface area contributed by atoms with Crippen LogP contribution in [0.15, 0.2) is 0 Å². The van der Waals surface area contributed by atoms with Crippen molar-refractivity contribution in [3.05, 3.63) is 0 Å². The second kappa shape index (κ2) is 4.30. The molecule has 0 aromatic heterocycles. The fourth-order valence-corrected chi connectivity index (χ4v) is 1.63. The molecule has 0 heterocycles. The predicted molar refractivity (Wildman–Crippen MR) is 45.8 cm³/mol. The van der Waals surface area contributed by atoms with Gasteiger partial charge in [0.05, 0.1) is 0 Å². The van der Waals surface area contributed by atoms with Crippen molar-refractivity contribution in [1.82, 2.24) is 10.6 Å². The number of carbonyl (C=O) groups excluding carboxylic acids is 1. The monoisotopic (exact) mass is 172 g/mol. The summed E-state index contributed by atoms with van der Waals surface area (Å²) in [6, 6.07) is 0.126. The number of hydrogen-bond acceptors (Lipinski definition) is 2. The lowest BCUT2D eigenvalue weighted by Crippen LogP contribution is -2.39. The van der Waals surface area contributed by atoms with Crippen LogP contribution in [-0.2, 0) is 0 Å². The van der Waals surface area contributed by atoms with Crippen molar-refractivity contribution in [2.24, 2.45) is 5.92 Å². The number of urea groups is 1. The highest BCUT2D eigenvalue weighted by Crippen LogP contribution is 2.24. The summed E-state index contributed by atoms with van der Waals surface area (Å²) in [6.45, 7) is 0.242. The van der Waals surface area contributed by atoms with Gasteiger partial charge in [-0.05, 0) is 25.2 Å². The molecule has 70 valence electrons. The molecule has 2 amide bonds. The van der Waals surface area contributed by atoms with E-state index in [0.717, 1.165) is 19.3 Å². The molecule has 2 atom stereocenters. The van der Waals surface area contributed by atoms with Gasteiger partial charge in [0.25, 0.3) is 0 Å². The molecule has 0 aliphatic heterocycles. The van der Waals surface area contributed by atoms with Crippen LogP contribution in [-0.4, -0.2) is 30.8 Å². The van der Waals surface area contributed by atoms with Crippen molar-refractivity contribution in [2.45, 2.75) is 25.3 Å². The van der Waals surface area contributed by atoms with Gasteiger partial charge in [0, 0.05) is 19.7 Å². The van der Waals surface area contributed by atoms with E-state index in [1.165, 1.54) is 0 Å². The third-order valence-corrected chi connectivity index (χ3v) is 2.36.